The van der Waals surface area contributed by atoms with E-state index in [9.17, 15) is 0 Å². The molecule has 1 saturated heterocycles. The lowest BCUT2D eigenvalue weighted by molar-refractivity contribution is 0.426. The van der Waals surface area contributed by atoms with Gasteiger partial charge >= 0.3 is 0 Å². The molecule has 3 heterocycles. The van der Waals surface area contributed by atoms with Gasteiger partial charge in [-0.15, -0.1) is 11.8 Å². The van der Waals surface area contributed by atoms with Gasteiger partial charge in [0.05, 0.1) is 0 Å². The van der Waals surface area contributed by atoms with Crippen LogP contribution >= 0.6 is 11.8 Å². The third kappa shape index (κ3) is 3.44. The second kappa shape index (κ2) is 7.92. The second-order valence-electron chi connectivity index (χ2n) is 7.07. The van der Waals surface area contributed by atoms with E-state index in [-0.39, 0.29) is 0 Å². The molecule has 1 aliphatic heterocycles. The summed E-state index contributed by atoms with van der Waals surface area (Å²) in [6.07, 6.45) is 10.1. The van der Waals surface area contributed by atoms with Gasteiger partial charge in [0.25, 0.3) is 0 Å². The fraction of sp³-hybridized carbons (Fsp3) is 0.667. The Balaban J connectivity index is 1.80. The average molecular weight is 374 g/mol. The number of aromatic nitrogens is 4. The van der Waals surface area contributed by atoms with E-state index in [2.05, 4.69) is 32.1 Å². The summed E-state index contributed by atoms with van der Waals surface area (Å²) in [6.45, 7) is 3.80. The molecule has 2 aromatic rings. The molecule has 0 amide bonds. The number of hydrogen-bond donors (Lipinski definition) is 1. The zero-order valence-corrected chi connectivity index (χ0v) is 16.4. The van der Waals surface area contributed by atoms with Crippen LogP contribution in [0, 0.1) is 0 Å². The molecule has 140 valence electrons. The van der Waals surface area contributed by atoms with Crippen LogP contribution in [0.15, 0.2) is 11.4 Å². The van der Waals surface area contributed by atoms with Gasteiger partial charge in [0.15, 0.2) is 5.82 Å². The van der Waals surface area contributed by atoms with Crippen LogP contribution in [0.5, 0.6) is 0 Å². The highest BCUT2D eigenvalue weighted by molar-refractivity contribution is 7.98. The molecule has 0 atom stereocenters. The summed E-state index contributed by atoms with van der Waals surface area (Å²) in [6, 6.07) is 0.533. The maximum Gasteiger partial charge on any atom is 0.228 e. The standard InChI is InChI=1S/C18H27N7S/c1-24(13-6-4-3-5-7-13)16-14-15(17(26-2)21-12-20-14)22-18(23-16)25-10-8-19-9-11-25/h12-13,19H,3-11H2,1-2H3. The average Bonchev–Trinajstić information content (AvgIpc) is 2.73. The Morgan fingerprint density at radius 2 is 1.85 bits per heavy atom. The molecule has 1 N–H and O–H groups in total. The predicted molar refractivity (Wildman–Crippen MR) is 107 cm³/mol. The first-order chi connectivity index (χ1) is 12.8. The lowest BCUT2D eigenvalue weighted by Crippen LogP contribution is -2.44. The highest BCUT2D eigenvalue weighted by Crippen LogP contribution is 2.32. The van der Waals surface area contributed by atoms with Gasteiger partial charge in [-0.1, -0.05) is 19.3 Å². The quantitative estimate of drug-likeness (QED) is 0.647. The Kier molecular flexibility index (Phi) is 5.40. The number of thioether (sulfide) groups is 1. The van der Waals surface area contributed by atoms with Gasteiger partial charge in [-0.2, -0.15) is 4.98 Å². The first-order valence-electron chi connectivity index (χ1n) is 9.53. The van der Waals surface area contributed by atoms with E-state index in [1.54, 1.807) is 18.1 Å². The summed E-state index contributed by atoms with van der Waals surface area (Å²) in [5.41, 5.74) is 1.75. The topological polar surface area (TPSA) is 70.1 Å². The van der Waals surface area contributed by atoms with Crippen LogP contribution in [0.3, 0.4) is 0 Å². The van der Waals surface area contributed by atoms with Crippen LogP contribution in [-0.4, -0.2) is 65.5 Å². The summed E-state index contributed by atoms with van der Waals surface area (Å²) in [7, 11) is 2.17. The maximum atomic E-state index is 4.99. The molecule has 0 spiro atoms. The highest BCUT2D eigenvalue weighted by atomic mass is 32.2. The van der Waals surface area contributed by atoms with Crippen LogP contribution in [0.25, 0.3) is 11.0 Å². The fourth-order valence-electron chi connectivity index (χ4n) is 3.94. The Morgan fingerprint density at radius 1 is 1.08 bits per heavy atom. The maximum absolute atomic E-state index is 4.99. The normalized spacial score (nSPS) is 19.1. The monoisotopic (exact) mass is 373 g/mol. The Hall–Kier alpha value is -1.67. The van der Waals surface area contributed by atoms with Crippen molar-refractivity contribution in [1.29, 1.82) is 0 Å². The molecule has 7 nitrogen and oxygen atoms in total. The molecular weight excluding hydrogens is 346 g/mol. The molecule has 26 heavy (non-hydrogen) atoms. The largest absolute Gasteiger partial charge is 0.355 e. The minimum absolute atomic E-state index is 0.533. The smallest absolute Gasteiger partial charge is 0.228 e. The summed E-state index contributed by atoms with van der Waals surface area (Å²) >= 11 is 1.62. The van der Waals surface area contributed by atoms with Crippen molar-refractivity contribution in [3.8, 4) is 0 Å². The zero-order chi connectivity index (χ0) is 17.9. The van der Waals surface area contributed by atoms with E-state index in [0.717, 1.165) is 54.0 Å². The first kappa shape index (κ1) is 17.7. The summed E-state index contributed by atoms with van der Waals surface area (Å²) in [5, 5.41) is 4.32. The van der Waals surface area contributed by atoms with Gasteiger partial charge in [-0.05, 0) is 19.1 Å². The first-order valence-corrected chi connectivity index (χ1v) is 10.8. The fourth-order valence-corrected chi connectivity index (χ4v) is 4.43. The summed E-state index contributed by atoms with van der Waals surface area (Å²) in [4.78, 5) is 23.5. The molecule has 2 fully saturated rings. The molecule has 1 saturated carbocycles. The lowest BCUT2D eigenvalue weighted by atomic mass is 9.94. The SMILES string of the molecule is CSc1ncnc2c(N(C)C3CCCCC3)nc(N3CCNCC3)nc12. The minimum atomic E-state index is 0.533. The molecule has 0 radical (unpaired) electrons. The summed E-state index contributed by atoms with van der Waals surface area (Å²) in [5.74, 6) is 1.76. The van der Waals surface area contributed by atoms with E-state index in [4.69, 9.17) is 9.97 Å². The summed E-state index contributed by atoms with van der Waals surface area (Å²) < 4.78 is 0. The van der Waals surface area contributed by atoms with E-state index in [1.165, 1.54) is 32.1 Å². The van der Waals surface area contributed by atoms with Crippen LogP contribution in [0.4, 0.5) is 11.8 Å². The Morgan fingerprint density at radius 3 is 2.58 bits per heavy atom. The molecule has 0 bridgehead atoms. The van der Waals surface area contributed by atoms with Crippen molar-refractivity contribution < 1.29 is 0 Å². The van der Waals surface area contributed by atoms with Crippen molar-refractivity contribution in [3.63, 3.8) is 0 Å². The second-order valence-corrected chi connectivity index (χ2v) is 7.86. The van der Waals surface area contributed by atoms with Gasteiger partial charge in [-0.3, -0.25) is 0 Å². The Labute approximate surface area is 159 Å². The number of piperazine rings is 1. The van der Waals surface area contributed by atoms with E-state index in [1.807, 2.05) is 6.26 Å². The van der Waals surface area contributed by atoms with E-state index in [0.29, 0.717) is 6.04 Å². The Bertz CT molecular complexity index is 757. The van der Waals surface area contributed by atoms with Crippen molar-refractivity contribution in [2.24, 2.45) is 0 Å². The number of nitrogens with zero attached hydrogens (tertiary/aromatic N) is 6. The van der Waals surface area contributed by atoms with Crippen LogP contribution in [-0.2, 0) is 0 Å². The number of hydrogen-bond acceptors (Lipinski definition) is 8. The molecule has 2 aliphatic rings. The van der Waals surface area contributed by atoms with Gasteiger partial charge in [0.2, 0.25) is 5.95 Å². The lowest BCUT2D eigenvalue weighted by Gasteiger charge is -2.33. The van der Waals surface area contributed by atoms with Crippen LogP contribution < -0.4 is 15.1 Å². The van der Waals surface area contributed by atoms with Crippen molar-refractivity contribution >= 4 is 34.6 Å². The van der Waals surface area contributed by atoms with Gasteiger partial charge in [0, 0.05) is 39.3 Å². The molecule has 0 aromatic carbocycles. The zero-order valence-electron chi connectivity index (χ0n) is 15.6. The third-order valence-electron chi connectivity index (χ3n) is 5.47. The molecule has 1 aliphatic carbocycles. The van der Waals surface area contributed by atoms with Crippen molar-refractivity contribution in [1.82, 2.24) is 25.3 Å². The van der Waals surface area contributed by atoms with Gasteiger partial charge < -0.3 is 15.1 Å². The predicted octanol–water partition coefficient (Wildman–Crippen LogP) is 2.32. The van der Waals surface area contributed by atoms with Crippen molar-refractivity contribution in [2.75, 3.05) is 49.3 Å². The van der Waals surface area contributed by atoms with Crippen LogP contribution in [0.2, 0.25) is 0 Å². The third-order valence-corrected chi connectivity index (χ3v) is 6.15. The molecule has 2 aromatic heterocycles. The van der Waals surface area contributed by atoms with Gasteiger partial charge in [-0.25, -0.2) is 15.0 Å². The number of rotatable bonds is 4. The number of fused-ring (bicyclic) bond motifs is 1. The van der Waals surface area contributed by atoms with E-state index >= 15 is 0 Å². The minimum Gasteiger partial charge on any atom is -0.355 e. The molecule has 0 unspecified atom stereocenters. The van der Waals surface area contributed by atoms with Crippen molar-refractivity contribution in [2.45, 2.75) is 43.2 Å². The molecule has 4 rings (SSSR count). The van der Waals surface area contributed by atoms with Crippen LogP contribution in [0.1, 0.15) is 32.1 Å². The van der Waals surface area contributed by atoms with Crippen molar-refractivity contribution in [3.05, 3.63) is 6.33 Å². The number of nitrogens with one attached hydrogen (secondary N) is 1. The van der Waals surface area contributed by atoms with Gasteiger partial charge in [0.1, 0.15) is 22.4 Å². The highest BCUT2D eigenvalue weighted by Gasteiger charge is 2.25. The number of anilines is 2. The van der Waals surface area contributed by atoms with E-state index < -0.39 is 0 Å². The molecule has 8 heteroatoms. The molecular formula is C18H27N7S.